The summed E-state index contributed by atoms with van der Waals surface area (Å²) in [6.07, 6.45) is 0. The van der Waals surface area contributed by atoms with Crippen LogP contribution < -0.4 is 18.9 Å². The molecule has 0 amide bonds. The van der Waals surface area contributed by atoms with E-state index in [1.807, 2.05) is 0 Å². The minimum absolute atomic E-state index is 0. The Morgan fingerprint density at radius 1 is 1.00 bits per heavy atom. The van der Waals surface area contributed by atoms with Crippen molar-refractivity contribution < 1.29 is 82.3 Å². The Morgan fingerprint density at radius 2 is 1.00 bits per heavy atom. The van der Waals surface area contributed by atoms with E-state index in [0.29, 0.717) is 0 Å². The molecule has 0 aliphatic rings. The molecule has 0 aromatic carbocycles. The molecule has 0 bridgehead atoms. The van der Waals surface area contributed by atoms with Gasteiger partial charge in [-0.2, -0.15) is 0 Å². The van der Waals surface area contributed by atoms with Crippen molar-refractivity contribution in [3.63, 3.8) is 0 Å². The quantitative estimate of drug-likeness (QED) is 0.395. The zero-order valence-electron chi connectivity index (χ0n) is 2.93. The van der Waals surface area contributed by atoms with Gasteiger partial charge in [-0.1, -0.05) is 0 Å². The molecule has 5 heavy (non-hydrogen) atoms. The molecule has 8 valence electrons. The first-order valence-electron chi connectivity index (χ1n) is 0. The topological polar surface area (TPSA) is 28.5 Å². The first-order chi connectivity index (χ1) is 0. The van der Waals surface area contributed by atoms with E-state index >= 15 is 0 Å². The SMILES string of the molecule is [La+3].[Li+].[Nb+5].[O-2].[Sn+4]. The molecule has 0 aromatic rings. The number of hydrogen-bond donors (Lipinski definition) is 0. The van der Waals surface area contributed by atoms with Crippen LogP contribution >= 0.6 is 0 Å². The van der Waals surface area contributed by atoms with Crippen molar-refractivity contribution in [2.45, 2.75) is 0 Å². The standard InChI is InChI=1S/La.Li.Nb.O.Sn/q+3;+1;+5;-2;+4. The van der Waals surface area contributed by atoms with Gasteiger partial charge in [0.1, 0.15) is 0 Å². The van der Waals surface area contributed by atoms with Crippen LogP contribution in [0.25, 0.3) is 0 Å². The van der Waals surface area contributed by atoms with Crippen LogP contribution in [0.4, 0.5) is 0 Å². The van der Waals surface area contributed by atoms with Crippen molar-refractivity contribution in [1.82, 2.24) is 0 Å². The van der Waals surface area contributed by atoms with Gasteiger partial charge < -0.3 is 5.48 Å². The Kier molecular flexibility index (Phi) is 217. The average molecular weight is 373 g/mol. The Labute approximate surface area is 104 Å². The third kappa shape index (κ3) is 18.8. The summed E-state index contributed by atoms with van der Waals surface area (Å²) in [6, 6.07) is 0. The van der Waals surface area contributed by atoms with Crippen molar-refractivity contribution in [3.05, 3.63) is 0 Å². The molecular weight excluding hydrogens is 373 g/mol. The van der Waals surface area contributed by atoms with Gasteiger partial charge in [0, 0.05) is 0 Å². The molecule has 0 aliphatic carbocycles. The van der Waals surface area contributed by atoms with Crippen molar-refractivity contribution >= 4 is 23.9 Å². The van der Waals surface area contributed by atoms with E-state index in [2.05, 4.69) is 0 Å². The molecule has 5 heteroatoms. The van der Waals surface area contributed by atoms with E-state index in [1.165, 1.54) is 0 Å². The maximum Gasteiger partial charge on any atom is 5.00 e. The molecule has 0 radical (unpaired) electrons. The van der Waals surface area contributed by atoms with Gasteiger partial charge in [-0.05, 0) is 0 Å². The van der Waals surface area contributed by atoms with Gasteiger partial charge in [0.25, 0.3) is 0 Å². The summed E-state index contributed by atoms with van der Waals surface area (Å²) in [7, 11) is 0. The second-order valence-electron chi connectivity index (χ2n) is 0. The molecule has 0 unspecified atom stereocenters. The van der Waals surface area contributed by atoms with Crippen LogP contribution in [-0.2, 0) is 27.9 Å². The van der Waals surface area contributed by atoms with Gasteiger partial charge in [-0.25, -0.2) is 0 Å². The number of rotatable bonds is 0. The largest absolute Gasteiger partial charge is 5.00 e. The summed E-state index contributed by atoms with van der Waals surface area (Å²) in [5.74, 6) is 0. The third-order valence-electron chi connectivity index (χ3n) is 0. The second-order valence-corrected chi connectivity index (χ2v) is 0. The molecule has 0 aliphatic heterocycles. The fourth-order valence-electron chi connectivity index (χ4n) is 0. The van der Waals surface area contributed by atoms with E-state index in [1.54, 1.807) is 0 Å². The zero-order valence-corrected chi connectivity index (χ0v) is 11.6. The Bertz CT molecular complexity index is 11.6. The molecule has 0 saturated carbocycles. The van der Waals surface area contributed by atoms with Crippen LogP contribution in [0.1, 0.15) is 0 Å². The predicted molar refractivity (Wildman–Crippen MR) is 6.44 cm³/mol. The fraction of sp³-hybridized carbons (Fsp3) is 0. The number of hydrogen-bond acceptors (Lipinski definition) is 0. The zero-order chi connectivity index (χ0) is 0. The van der Waals surface area contributed by atoms with Gasteiger partial charge in [0.05, 0.1) is 0 Å². The van der Waals surface area contributed by atoms with Crippen LogP contribution in [0, 0.1) is 35.6 Å². The van der Waals surface area contributed by atoms with Gasteiger partial charge in [0.2, 0.25) is 0 Å². The summed E-state index contributed by atoms with van der Waals surface area (Å²) in [5, 5.41) is 0. The van der Waals surface area contributed by atoms with Crippen molar-refractivity contribution in [3.8, 4) is 0 Å². The molecule has 0 N–H and O–H groups in total. The van der Waals surface area contributed by atoms with E-state index in [9.17, 15) is 0 Å². The van der Waals surface area contributed by atoms with Crippen LogP contribution in [0.2, 0.25) is 0 Å². The first kappa shape index (κ1) is 40.7. The average Bonchev–Trinajstić information content (AvgIpc) is 0. The van der Waals surface area contributed by atoms with Gasteiger partial charge in [-0.3, -0.25) is 0 Å². The smallest absolute Gasteiger partial charge is 2.00 e. The van der Waals surface area contributed by atoms with Crippen molar-refractivity contribution in [1.29, 1.82) is 0 Å². The van der Waals surface area contributed by atoms with Crippen LogP contribution in [0.5, 0.6) is 0 Å². The van der Waals surface area contributed by atoms with E-state index in [0.717, 1.165) is 0 Å². The van der Waals surface area contributed by atoms with E-state index in [-0.39, 0.29) is 106 Å². The van der Waals surface area contributed by atoms with Crippen LogP contribution in [0.3, 0.4) is 0 Å². The second kappa shape index (κ2) is 26.6. The van der Waals surface area contributed by atoms with Crippen molar-refractivity contribution in [2.24, 2.45) is 0 Å². The van der Waals surface area contributed by atoms with Gasteiger partial charge >= 0.3 is 101 Å². The molecule has 0 fully saturated rings. The Balaban J connectivity index is 0. The molecule has 0 heterocycles. The molecule has 0 atom stereocenters. The summed E-state index contributed by atoms with van der Waals surface area (Å²) >= 11 is 0. The predicted octanol–water partition coefficient (Wildman–Crippen LogP) is -3.50. The minimum atomic E-state index is 0. The molecule has 0 saturated heterocycles. The normalized spacial score (nSPS) is 0. The van der Waals surface area contributed by atoms with Crippen LogP contribution in [-0.4, -0.2) is 23.9 Å². The third-order valence-corrected chi connectivity index (χ3v) is 0. The summed E-state index contributed by atoms with van der Waals surface area (Å²) in [6.45, 7) is 0. The summed E-state index contributed by atoms with van der Waals surface area (Å²) in [4.78, 5) is 0. The van der Waals surface area contributed by atoms with Gasteiger partial charge in [-0.15, -0.1) is 0 Å². The molecule has 0 aromatic heterocycles. The van der Waals surface area contributed by atoms with E-state index in [4.69, 9.17) is 0 Å². The maximum atomic E-state index is 0. The van der Waals surface area contributed by atoms with Gasteiger partial charge in [0.15, 0.2) is 0 Å². The maximum absolute atomic E-state index is 0. The Morgan fingerprint density at radius 3 is 1.00 bits per heavy atom. The van der Waals surface area contributed by atoms with Crippen molar-refractivity contribution in [2.75, 3.05) is 0 Å². The summed E-state index contributed by atoms with van der Waals surface area (Å²) < 4.78 is 0. The molecular formula is LaLiNbOSn+11. The minimum Gasteiger partial charge on any atom is -2.00 e. The molecule has 0 rings (SSSR count). The molecule has 1 nitrogen and oxygen atoms in total. The van der Waals surface area contributed by atoms with E-state index < -0.39 is 0 Å². The fourth-order valence-corrected chi connectivity index (χ4v) is 0. The molecule has 0 spiro atoms. The Hall–Kier alpha value is 3.29. The van der Waals surface area contributed by atoms with Crippen LogP contribution in [0.15, 0.2) is 0 Å². The monoisotopic (exact) mass is 375 g/mol. The summed E-state index contributed by atoms with van der Waals surface area (Å²) in [5.41, 5.74) is 0. The first-order valence-corrected chi connectivity index (χ1v) is 0.